The molecule has 21 heavy (non-hydrogen) atoms. The Hall–Kier alpha value is -1.94. The minimum Gasteiger partial charge on any atom is -0.493 e. The summed E-state index contributed by atoms with van der Waals surface area (Å²) in [5.74, 6) is -0.372. The predicted octanol–water partition coefficient (Wildman–Crippen LogP) is 3.84. The first-order valence-corrected chi connectivity index (χ1v) is 7.01. The summed E-state index contributed by atoms with van der Waals surface area (Å²) in [6.45, 7) is 2.17. The minimum atomic E-state index is -0.588. The Balaban J connectivity index is 2.00. The van der Waals surface area contributed by atoms with Crippen LogP contribution in [0.1, 0.15) is 35.1 Å². The fraction of sp³-hybridized carbons (Fsp3) is 0.294. The van der Waals surface area contributed by atoms with Gasteiger partial charge >= 0.3 is 0 Å². The summed E-state index contributed by atoms with van der Waals surface area (Å²) in [4.78, 5) is 0. The van der Waals surface area contributed by atoms with E-state index in [1.54, 1.807) is 6.92 Å². The van der Waals surface area contributed by atoms with Gasteiger partial charge in [0.2, 0.25) is 0 Å². The summed E-state index contributed by atoms with van der Waals surface area (Å²) in [7, 11) is 0. The van der Waals surface area contributed by atoms with Crippen LogP contribution in [0.4, 0.5) is 8.78 Å². The first-order chi connectivity index (χ1) is 10.1. The quantitative estimate of drug-likeness (QED) is 0.911. The third-order valence-corrected chi connectivity index (χ3v) is 4.08. The van der Waals surface area contributed by atoms with Crippen LogP contribution in [-0.4, -0.2) is 6.61 Å². The third-order valence-electron chi connectivity index (χ3n) is 4.08. The average Bonchev–Trinajstić information content (AvgIpc) is 2.49. The number of hydrogen-bond acceptors (Lipinski definition) is 2. The number of fused-ring (bicyclic) bond motifs is 1. The van der Waals surface area contributed by atoms with Crippen molar-refractivity contribution in [3.63, 3.8) is 0 Å². The maximum atomic E-state index is 14.1. The van der Waals surface area contributed by atoms with E-state index < -0.39 is 17.7 Å². The molecule has 2 unspecified atom stereocenters. The smallest absolute Gasteiger partial charge is 0.130 e. The van der Waals surface area contributed by atoms with E-state index >= 15 is 0 Å². The van der Waals surface area contributed by atoms with Crippen molar-refractivity contribution < 1.29 is 13.5 Å². The lowest BCUT2D eigenvalue weighted by Gasteiger charge is -2.30. The highest BCUT2D eigenvalue weighted by atomic mass is 19.1. The van der Waals surface area contributed by atoms with Crippen molar-refractivity contribution in [2.24, 2.45) is 5.73 Å². The molecule has 0 spiro atoms. The van der Waals surface area contributed by atoms with Gasteiger partial charge in [0.25, 0.3) is 0 Å². The molecule has 0 saturated carbocycles. The van der Waals surface area contributed by atoms with Crippen molar-refractivity contribution in [1.82, 2.24) is 0 Å². The topological polar surface area (TPSA) is 35.2 Å². The second-order valence-corrected chi connectivity index (χ2v) is 5.43. The lowest BCUT2D eigenvalue weighted by Crippen LogP contribution is -2.26. The molecule has 0 fully saturated rings. The van der Waals surface area contributed by atoms with Gasteiger partial charge in [0.1, 0.15) is 17.4 Å². The van der Waals surface area contributed by atoms with Gasteiger partial charge in [-0.25, -0.2) is 8.78 Å². The number of para-hydroxylation sites is 1. The van der Waals surface area contributed by atoms with Gasteiger partial charge < -0.3 is 10.5 Å². The normalized spacial score (nSPS) is 18.8. The highest BCUT2D eigenvalue weighted by molar-refractivity contribution is 5.41. The Morgan fingerprint density at radius 1 is 1.19 bits per heavy atom. The van der Waals surface area contributed by atoms with Gasteiger partial charge in [-0.05, 0) is 36.6 Å². The second-order valence-electron chi connectivity index (χ2n) is 5.43. The predicted molar refractivity (Wildman–Crippen MR) is 77.3 cm³/mol. The summed E-state index contributed by atoms with van der Waals surface area (Å²) in [5.41, 5.74) is 8.03. The van der Waals surface area contributed by atoms with Crippen LogP contribution in [0.25, 0.3) is 0 Å². The van der Waals surface area contributed by atoms with Crippen LogP contribution in [0, 0.1) is 18.6 Å². The Kier molecular flexibility index (Phi) is 3.64. The van der Waals surface area contributed by atoms with Gasteiger partial charge in [0.05, 0.1) is 6.61 Å². The Morgan fingerprint density at radius 2 is 1.95 bits per heavy atom. The summed E-state index contributed by atoms with van der Waals surface area (Å²) < 4.78 is 33.1. The van der Waals surface area contributed by atoms with Crippen LogP contribution in [-0.2, 0) is 0 Å². The lowest BCUT2D eigenvalue weighted by atomic mass is 9.83. The molecule has 0 amide bonds. The molecule has 110 valence electrons. The van der Waals surface area contributed by atoms with Gasteiger partial charge in [-0.2, -0.15) is 0 Å². The van der Waals surface area contributed by atoms with Crippen LogP contribution < -0.4 is 10.5 Å². The van der Waals surface area contributed by atoms with Crippen LogP contribution in [0.2, 0.25) is 0 Å². The SMILES string of the molecule is Cc1cc(C(N)C2CCOc3ccccc32)c(F)cc1F. The number of ether oxygens (including phenoxy) is 1. The molecular weight excluding hydrogens is 272 g/mol. The molecule has 0 bridgehead atoms. The highest BCUT2D eigenvalue weighted by Crippen LogP contribution is 2.40. The maximum Gasteiger partial charge on any atom is 0.130 e. The average molecular weight is 289 g/mol. The lowest BCUT2D eigenvalue weighted by molar-refractivity contribution is 0.254. The molecule has 4 heteroatoms. The van der Waals surface area contributed by atoms with Gasteiger partial charge in [-0.3, -0.25) is 0 Å². The molecule has 2 N–H and O–H groups in total. The van der Waals surface area contributed by atoms with E-state index in [9.17, 15) is 8.78 Å². The van der Waals surface area contributed by atoms with Gasteiger partial charge in [-0.15, -0.1) is 0 Å². The van der Waals surface area contributed by atoms with Crippen molar-refractivity contribution >= 4 is 0 Å². The zero-order valence-electron chi connectivity index (χ0n) is 11.8. The van der Waals surface area contributed by atoms with Crippen molar-refractivity contribution in [3.05, 3.63) is 64.7 Å². The monoisotopic (exact) mass is 289 g/mol. The van der Waals surface area contributed by atoms with Gasteiger partial charge in [0.15, 0.2) is 0 Å². The molecule has 3 rings (SSSR count). The molecule has 0 aliphatic carbocycles. The maximum absolute atomic E-state index is 14.1. The number of hydrogen-bond donors (Lipinski definition) is 1. The molecule has 0 radical (unpaired) electrons. The minimum absolute atomic E-state index is 0.0330. The number of halogens is 2. The summed E-state index contributed by atoms with van der Waals surface area (Å²) in [5, 5.41) is 0. The molecule has 1 heterocycles. The standard InChI is InChI=1S/C17H17F2NO/c1-10-8-13(15(19)9-14(10)18)17(20)12-6-7-21-16-5-3-2-4-11(12)16/h2-5,8-9,12,17H,6-7,20H2,1H3. The molecule has 2 atom stereocenters. The number of aryl methyl sites for hydroxylation is 1. The summed E-state index contributed by atoms with van der Waals surface area (Å²) in [6.07, 6.45) is 0.716. The zero-order chi connectivity index (χ0) is 15.0. The van der Waals surface area contributed by atoms with Crippen molar-refractivity contribution in [2.45, 2.75) is 25.3 Å². The van der Waals surface area contributed by atoms with E-state index in [1.165, 1.54) is 6.07 Å². The molecular formula is C17H17F2NO. The highest BCUT2D eigenvalue weighted by Gasteiger charge is 2.29. The molecule has 2 aromatic rings. The molecule has 0 saturated heterocycles. The third kappa shape index (κ3) is 2.51. The van der Waals surface area contributed by atoms with E-state index in [2.05, 4.69) is 0 Å². The Bertz CT molecular complexity index is 672. The number of benzene rings is 2. The second kappa shape index (κ2) is 5.45. The van der Waals surface area contributed by atoms with Crippen LogP contribution >= 0.6 is 0 Å². The Labute approximate surface area is 122 Å². The largest absolute Gasteiger partial charge is 0.493 e. The van der Waals surface area contributed by atoms with E-state index in [1.807, 2.05) is 24.3 Å². The molecule has 0 aromatic heterocycles. The molecule has 1 aliphatic heterocycles. The molecule has 2 aromatic carbocycles. The zero-order valence-corrected chi connectivity index (χ0v) is 11.8. The molecule has 1 aliphatic rings. The number of rotatable bonds is 2. The summed E-state index contributed by atoms with van der Waals surface area (Å²) >= 11 is 0. The Morgan fingerprint density at radius 3 is 2.76 bits per heavy atom. The van der Waals surface area contributed by atoms with Crippen molar-refractivity contribution in [1.29, 1.82) is 0 Å². The van der Waals surface area contributed by atoms with Crippen molar-refractivity contribution in [3.8, 4) is 5.75 Å². The fourth-order valence-electron chi connectivity index (χ4n) is 2.89. The first-order valence-electron chi connectivity index (χ1n) is 7.01. The van der Waals surface area contributed by atoms with Gasteiger partial charge in [0, 0.05) is 23.6 Å². The number of nitrogens with two attached hydrogens (primary N) is 1. The van der Waals surface area contributed by atoms with E-state index in [0.717, 1.165) is 17.4 Å². The first kappa shape index (κ1) is 14.0. The van der Waals surface area contributed by atoms with E-state index in [4.69, 9.17) is 10.5 Å². The van der Waals surface area contributed by atoms with E-state index in [-0.39, 0.29) is 5.92 Å². The van der Waals surface area contributed by atoms with Gasteiger partial charge in [-0.1, -0.05) is 18.2 Å². The fourth-order valence-corrected chi connectivity index (χ4v) is 2.89. The summed E-state index contributed by atoms with van der Waals surface area (Å²) in [6, 6.07) is 9.56. The van der Waals surface area contributed by atoms with E-state index in [0.29, 0.717) is 24.2 Å². The molecule has 2 nitrogen and oxygen atoms in total. The van der Waals surface area contributed by atoms with Crippen LogP contribution in [0.5, 0.6) is 5.75 Å². The van der Waals surface area contributed by atoms with Crippen LogP contribution in [0.15, 0.2) is 36.4 Å². The van der Waals surface area contributed by atoms with Crippen LogP contribution in [0.3, 0.4) is 0 Å². The van der Waals surface area contributed by atoms with Crippen molar-refractivity contribution in [2.75, 3.05) is 6.61 Å².